The second kappa shape index (κ2) is 4.98. The van der Waals surface area contributed by atoms with Crippen LogP contribution in [0.1, 0.15) is 17.3 Å². The number of rotatable bonds is 2. The largest absolute Gasteiger partial charge is 0.237 e. The molecule has 0 amide bonds. The van der Waals surface area contributed by atoms with Crippen LogP contribution in [-0.2, 0) is 0 Å². The lowest BCUT2D eigenvalue weighted by atomic mass is 10.0. The third-order valence-corrected chi connectivity index (χ3v) is 3.54. The second-order valence-electron chi connectivity index (χ2n) is 3.45. The average molecular weight is 300 g/mol. The summed E-state index contributed by atoms with van der Waals surface area (Å²) < 4.78 is 14.8. The van der Waals surface area contributed by atoms with Gasteiger partial charge in [0.25, 0.3) is 0 Å². The van der Waals surface area contributed by atoms with Crippen molar-refractivity contribution in [1.82, 2.24) is 0 Å². The minimum Gasteiger partial charge on any atom is -0.237 e. The molecule has 0 nitrogen and oxygen atoms in total. The fourth-order valence-corrected chi connectivity index (χ4v) is 2.00. The summed E-state index contributed by atoms with van der Waals surface area (Å²) in [6, 6.07) is 14.2. The van der Waals surface area contributed by atoms with Gasteiger partial charge in [-0.1, -0.05) is 48.0 Å². The molecule has 0 aromatic heterocycles. The summed E-state index contributed by atoms with van der Waals surface area (Å²) in [6.45, 7) is 0. The molecule has 0 saturated carbocycles. The van der Waals surface area contributed by atoms with Crippen LogP contribution in [0.15, 0.2) is 53.0 Å². The maximum atomic E-state index is 14.1. The van der Waals surface area contributed by atoms with Gasteiger partial charge < -0.3 is 0 Å². The van der Waals surface area contributed by atoms with Crippen molar-refractivity contribution in [1.29, 1.82) is 0 Å². The van der Waals surface area contributed by atoms with Gasteiger partial charge in [-0.25, -0.2) is 4.39 Å². The van der Waals surface area contributed by atoms with Gasteiger partial charge in [0.15, 0.2) is 6.17 Å². The lowest BCUT2D eigenvalue weighted by Crippen LogP contribution is -1.93. The Kier molecular flexibility index (Phi) is 3.62. The molecule has 0 bridgehead atoms. The minimum absolute atomic E-state index is 0.587. The van der Waals surface area contributed by atoms with Gasteiger partial charge in [0.05, 0.1) is 5.02 Å². The highest BCUT2D eigenvalue weighted by Gasteiger charge is 2.13. The molecule has 2 rings (SSSR count). The van der Waals surface area contributed by atoms with Gasteiger partial charge in [-0.2, -0.15) is 0 Å². The summed E-state index contributed by atoms with van der Waals surface area (Å²) in [5.74, 6) is 0. The van der Waals surface area contributed by atoms with Crippen LogP contribution in [-0.4, -0.2) is 0 Å². The molecule has 0 radical (unpaired) electrons. The van der Waals surface area contributed by atoms with Crippen LogP contribution in [0.2, 0.25) is 5.02 Å². The Morgan fingerprint density at radius 2 is 1.69 bits per heavy atom. The normalized spacial score (nSPS) is 12.4. The van der Waals surface area contributed by atoms with Crippen molar-refractivity contribution in [2.24, 2.45) is 0 Å². The molecule has 2 aromatic carbocycles. The molecule has 16 heavy (non-hydrogen) atoms. The first-order chi connectivity index (χ1) is 7.68. The van der Waals surface area contributed by atoms with E-state index in [0.717, 1.165) is 0 Å². The number of hydrogen-bond donors (Lipinski definition) is 0. The van der Waals surface area contributed by atoms with E-state index in [1.54, 1.807) is 30.3 Å². The molecule has 0 aliphatic heterocycles. The molecule has 82 valence electrons. The summed E-state index contributed by atoms with van der Waals surface area (Å²) in [7, 11) is 0. The maximum absolute atomic E-state index is 14.1. The smallest absolute Gasteiger partial charge is 0.150 e. The fourth-order valence-electron chi connectivity index (χ4n) is 1.48. The molecule has 2 aromatic rings. The Bertz CT molecular complexity index is 485. The van der Waals surface area contributed by atoms with Crippen LogP contribution in [0.4, 0.5) is 4.39 Å². The predicted octanol–water partition coefficient (Wildman–Crippen LogP) is 5.16. The van der Waals surface area contributed by atoms with Crippen molar-refractivity contribution in [3.8, 4) is 0 Å². The van der Waals surface area contributed by atoms with Gasteiger partial charge in [0.2, 0.25) is 0 Å². The standard InChI is InChI=1S/C13H9BrClF/c14-11-8-10(6-7-12(11)15)13(16)9-4-2-1-3-5-9/h1-8,13H/t13-/m0/s1. The topological polar surface area (TPSA) is 0 Å². The summed E-state index contributed by atoms with van der Waals surface area (Å²) in [4.78, 5) is 0. The van der Waals surface area contributed by atoms with E-state index in [2.05, 4.69) is 15.9 Å². The zero-order valence-corrected chi connectivity index (χ0v) is 10.7. The highest BCUT2D eigenvalue weighted by atomic mass is 79.9. The van der Waals surface area contributed by atoms with E-state index >= 15 is 0 Å². The van der Waals surface area contributed by atoms with Gasteiger partial charge in [-0.05, 0) is 39.2 Å². The van der Waals surface area contributed by atoms with E-state index in [-0.39, 0.29) is 0 Å². The number of benzene rings is 2. The molecule has 0 aliphatic carbocycles. The first kappa shape index (κ1) is 11.6. The van der Waals surface area contributed by atoms with E-state index in [9.17, 15) is 4.39 Å². The Balaban J connectivity index is 2.34. The van der Waals surface area contributed by atoms with E-state index in [0.29, 0.717) is 20.6 Å². The van der Waals surface area contributed by atoms with Crippen LogP contribution in [0.25, 0.3) is 0 Å². The Hall–Kier alpha value is -0.860. The molecule has 3 heteroatoms. The molecule has 0 spiro atoms. The highest BCUT2D eigenvalue weighted by Crippen LogP contribution is 2.31. The van der Waals surface area contributed by atoms with E-state index in [1.165, 1.54) is 0 Å². The first-order valence-corrected chi connectivity index (χ1v) is 5.99. The molecule has 0 saturated heterocycles. The number of alkyl halides is 1. The van der Waals surface area contributed by atoms with Crippen LogP contribution in [0.3, 0.4) is 0 Å². The Morgan fingerprint density at radius 1 is 1.00 bits per heavy atom. The van der Waals surface area contributed by atoms with Crippen LogP contribution < -0.4 is 0 Å². The van der Waals surface area contributed by atoms with Crippen molar-refractivity contribution in [3.63, 3.8) is 0 Å². The monoisotopic (exact) mass is 298 g/mol. The van der Waals surface area contributed by atoms with Gasteiger partial charge in [0.1, 0.15) is 0 Å². The van der Waals surface area contributed by atoms with Crippen LogP contribution >= 0.6 is 27.5 Å². The van der Waals surface area contributed by atoms with Gasteiger partial charge in [-0.15, -0.1) is 0 Å². The zero-order chi connectivity index (χ0) is 11.5. The maximum Gasteiger partial charge on any atom is 0.150 e. The molecule has 1 atom stereocenters. The zero-order valence-electron chi connectivity index (χ0n) is 8.33. The fraction of sp³-hybridized carbons (Fsp3) is 0.0769. The van der Waals surface area contributed by atoms with Crippen molar-refractivity contribution >= 4 is 27.5 Å². The van der Waals surface area contributed by atoms with Crippen molar-refractivity contribution in [2.75, 3.05) is 0 Å². The van der Waals surface area contributed by atoms with Gasteiger partial charge >= 0.3 is 0 Å². The summed E-state index contributed by atoms with van der Waals surface area (Å²) in [5.41, 5.74) is 1.25. The molecule has 0 aliphatic rings. The van der Waals surface area contributed by atoms with Crippen molar-refractivity contribution in [2.45, 2.75) is 6.17 Å². The Morgan fingerprint density at radius 3 is 2.31 bits per heavy atom. The quantitative estimate of drug-likeness (QED) is 0.718. The lowest BCUT2D eigenvalue weighted by molar-refractivity contribution is 0.402. The average Bonchev–Trinajstić information content (AvgIpc) is 2.33. The lowest BCUT2D eigenvalue weighted by Gasteiger charge is -2.09. The second-order valence-corrected chi connectivity index (χ2v) is 4.71. The molecule has 0 heterocycles. The van der Waals surface area contributed by atoms with Crippen molar-refractivity contribution in [3.05, 3.63) is 69.2 Å². The highest BCUT2D eigenvalue weighted by molar-refractivity contribution is 9.10. The van der Waals surface area contributed by atoms with Gasteiger partial charge in [0, 0.05) is 4.47 Å². The SMILES string of the molecule is F[C@@H](c1ccccc1)c1ccc(Cl)c(Br)c1. The van der Waals surface area contributed by atoms with Crippen LogP contribution in [0.5, 0.6) is 0 Å². The van der Waals surface area contributed by atoms with Gasteiger partial charge in [-0.3, -0.25) is 0 Å². The van der Waals surface area contributed by atoms with Crippen molar-refractivity contribution < 1.29 is 4.39 Å². The van der Waals surface area contributed by atoms with E-state index < -0.39 is 6.17 Å². The summed E-state index contributed by atoms with van der Waals surface area (Å²) in [6.07, 6.45) is -1.12. The molecule has 0 fully saturated rings. The number of hydrogen-bond acceptors (Lipinski definition) is 0. The minimum atomic E-state index is -1.12. The molecular formula is C13H9BrClF. The Labute approximate surface area is 107 Å². The molecular weight excluding hydrogens is 290 g/mol. The molecule has 0 N–H and O–H groups in total. The van der Waals surface area contributed by atoms with E-state index in [4.69, 9.17) is 11.6 Å². The predicted molar refractivity (Wildman–Crippen MR) is 68.5 cm³/mol. The third kappa shape index (κ3) is 2.45. The molecule has 0 unspecified atom stereocenters. The summed E-state index contributed by atoms with van der Waals surface area (Å²) >= 11 is 9.15. The first-order valence-electron chi connectivity index (χ1n) is 4.82. The third-order valence-electron chi connectivity index (χ3n) is 2.33. The van der Waals surface area contributed by atoms with E-state index in [1.807, 2.05) is 18.2 Å². The van der Waals surface area contributed by atoms with Crippen LogP contribution in [0, 0.1) is 0 Å². The number of halogens is 3. The summed E-state index contributed by atoms with van der Waals surface area (Å²) in [5, 5.41) is 0.587.